The molecule has 0 radical (unpaired) electrons. The van der Waals surface area contributed by atoms with E-state index in [-0.39, 0.29) is 12.8 Å². The molecule has 3 unspecified atom stereocenters. The van der Waals surface area contributed by atoms with Gasteiger partial charge in [-0.1, -0.05) is 218 Å². The van der Waals surface area contributed by atoms with E-state index in [1.54, 1.807) is 0 Å². The predicted octanol–water partition coefficient (Wildman–Crippen LogP) is 14.5. The second-order valence-corrected chi connectivity index (χ2v) is 19.0. The Morgan fingerprint density at radius 3 is 1.03 bits per heavy atom. The molecule has 0 saturated carbocycles. The summed E-state index contributed by atoms with van der Waals surface area (Å²) in [6.07, 6.45) is 50.1. The number of hydrogen-bond donors (Lipinski definition) is 3. The van der Waals surface area contributed by atoms with E-state index in [9.17, 15) is 29.3 Å². The fourth-order valence-electron chi connectivity index (χ4n) is 7.44. The van der Waals surface area contributed by atoms with Crippen molar-refractivity contribution < 1.29 is 47.8 Å². The van der Waals surface area contributed by atoms with Gasteiger partial charge in [-0.2, -0.15) is 0 Å². The Kier molecular flexibility index (Phi) is 46.2. The summed E-state index contributed by atoms with van der Waals surface area (Å²) < 4.78 is 32.7. The van der Waals surface area contributed by atoms with Crippen LogP contribution in [0.5, 0.6) is 0 Å². The van der Waals surface area contributed by atoms with Crippen molar-refractivity contribution in [3.8, 4) is 0 Å². The Bertz CT molecular complexity index is 1080. The Balaban J connectivity index is 3.81. The highest BCUT2D eigenvalue weighted by atomic mass is 31.2. The van der Waals surface area contributed by atoms with Crippen LogP contribution in [-0.2, 0) is 32.7 Å². The minimum Gasteiger partial charge on any atom is -0.457 e. The summed E-state index contributed by atoms with van der Waals surface area (Å²) >= 11 is 0. The molecular formula is C51H97O10P. The van der Waals surface area contributed by atoms with E-state index in [1.807, 2.05) is 0 Å². The third kappa shape index (κ3) is 45.0. The molecule has 3 atom stereocenters. The summed E-state index contributed by atoms with van der Waals surface area (Å²) in [6.45, 7) is 2.23. The molecule has 0 aliphatic carbocycles. The minimum absolute atomic E-state index is 0.190. The molecule has 62 heavy (non-hydrogen) atoms. The number of aliphatic hydroxyl groups is 2. The smallest absolute Gasteiger partial charge is 0.457 e. The normalized spacial score (nSPS) is 13.8. The number of ether oxygens (including phenoxy) is 2. The number of phosphoric acid groups is 1. The molecule has 0 aromatic carbocycles. The Hall–Kier alpha value is -1.55. The lowest BCUT2D eigenvalue weighted by Gasteiger charge is -2.20. The maximum absolute atomic E-state index is 12.4. The van der Waals surface area contributed by atoms with Crippen molar-refractivity contribution in [2.24, 2.45) is 0 Å². The average molecular weight is 901 g/mol. The molecule has 0 saturated heterocycles. The molecule has 0 aromatic rings. The van der Waals surface area contributed by atoms with Crippen LogP contribution in [0.3, 0.4) is 0 Å². The molecule has 0 heterocycles. The van der Waals surface area contributed by atoms with Crippen molar-refractivity contribution in [2.75, 3.05) is 26.4 Å². The summed E-state index contributed by atoms with van der Waals surface area (Å²) in [5.41, 5.74) is 0. The van der Waals surface area contributed by atoms with Gasteiger partial charge in [0.2, 0.25) is 0 Å². The maximum atomic E-state index is 12.4. The van der Waals surface area contributed by atoms with Crippen LogP contribution in [0.4, 0.5) is 0 Å². The molecule has 366 valence electrons. The standard InChI is InChI=1S/C51H97O10P/c1-3-5-7-9-11-13-15-17-19-21-23-25-27-29-31-33-35-37-39-41-43-51(55)61-49(45-53)47-59-62(56,57)58-46-48(44-52)60-50(54)42-40-38-36-34-32-30-28-26-24-22-20-18-16-14-12-10-8-6-4-2/h12,14,18,20,48-49,52-53H,3-11,13,15-17,19,21-47H2,1-2H3,(H,56,57)/b14-12-,20-18-. The predicted molar refractivity (Wildman–Crippen MR) is 256 cm³/mol. The van der Waals surface area contributed by atoms with E-state index in [2.05, 4.69) is 38.2 Å². The summed E-state index contributed by atoms with van der Waals surface area (Å²) in [5.74, 6) is -1.01. The number of rotatable bonds is 49. The van der Waals surface area contributed by atoms with Gasteiger partial charge < -0.3 is 24.6 Å². The average Bonchev–Trinajstić information content (AvgIpc) is 3.26. The first kappa shape index (κ1) is 60.5. The molecule has 0 fully saturated rings. The van der Waals surface area contributed by atoms with E-state index in [4.69, 9.17) is 18.5 Å². The van der Waals surface area contributed by atoms with Gasteiger partial charge in [0.1, 0.15) is 12.2 Å². The first-order chi connectivity index (χ1) is 30.3. The van der Waals surface area contributed by atoms with Crippen LogP contribution in [0.25, 0.3) is 0 Å². The fourth-order valence-corrected chi connectivity index (χ4v) is 8.23. The van der Waals surface area contributed by atoms with Crippen molar-refractivity contribution >= 4 is 19.8 Å². The van der Waals surface area contributed by atoms with Gasteiger partial charge in [-0.25, -0.2) is 4.57 Å². The summed E-state index contributed by atoms with van der Waals surface area (Å²) in [4.78, 5) is 34.7. The highest BCUT2D eigenvalue weighted by Crippen LogP contribution is 2.43. The van der Waals surface area contributed by atoms with Gasteiger partial charge in [-0.15, -0.1) is 0 Å². The zero-order valence-electron chi connectivity index (χ0n) is 40.1. The van der Waals surface area contributed by atoms with Crippen LogP contribution in [0.2, 0.25) is 0 Å². The molecule has 0 spiro atoms. The number of esters is 2. The molecular weight excluding hydrogens is 804 g/mol. The number of unbranched alkanes of at least 4 members (excludes halogenated alkanes) is 31. The Morgan fingerprint density at radius 2 is 0.710 bits per heavy atom. The van der Waals surface area contributed by atoms with Crippen molar-refractivity contribution in [3.05, 3.63) is 24.3 Å². The molecule has 0 aromatic heterocycles. The van der Waals surface area contributed by atoms with Gasteiger partial charge in [-0.3, -0.25) is 18.6 Å². The number of allylic oxidation sites excluding steroid dienone is 4. The van der Waals surface area contributed by atoms with Gasteiger partial charge in [0.15, 0.2) is 0 Å². The van der Waals surface area contributed by atoms with E-state index < -0.39 is 58.4 Å². The highest BCUT2D eigenvalue weighted by Gasteiger charge is 2.27. The van der Waals surface area contributed by atoms with Crippen molar-refractivity contribution in [1.29, 1.82) is 0 Å². The SMILES string of the molecule is CCCCC/C=C\C/C=C\CCCCCCCCCCCC(=O)OC(CO)COP(=O)(O)OCC(CO)OC(=O)CCCCCCCCCCCCCCCCCCCCCC. The third-order valence-electron chi connectivity index (χ3n) is 11.4. The lowest BCUT2D eigenvalue weighted by atomic mass is 10.0. The Labute approximate surface area is 380 Å². The van der Waals surface area contributed by atoms with Gasteiger partial charge in [-0.05, 0) is 44.9 Å². The number of carbonyl (C=O) groups excluding carboxylic acids is 2. The number of aliphatic hydroxyl groups excluding tert-OH is 2. The van der Waals surface area contributed by atoms with Crippen LogP contribution < -0.4 is 0 Å². The molecule has 0 rings (SSSR count). The lowest BCUT2D eigenvalue weighted by Crippen LogP contribution is -2.28. The minimum atomic E-state index is -4.64. The molecule has 0 amide bonds. The second kappa shape index (κ2) is 47.4. The van der Waals surface area contributed by atoms with Crippen LogP contribution in [0, 0.1) is 0 Å². The second-order valence-electron chi connectivity index (χ2n) is 17.5. The van der Waals surface area contributed by atoms with Crippen molar-refractivity contribution in [2.45, 2.75) is 264 Å². The van der Waals surface area contributed by atoms with Crippen molar-refractivity contribution in [3.63, 3.8) is 0 Å². The van der Waals surface area contributed by atoms with Crippen molar-refractivity contribution in [1.82, 2.24) is 0 Å². The zero-order chi connectivity index (χ0) is 45.5. The number of phosphoric ester groups is 1. The zero-order valence-corrected chi connectivity index (χ0v) is 41.0. The highest BCUT2D eigenvalue weighted by molar-refractivity contribution is 7.47. The van der Waals surface area contributed by atoms with Crippen LogP contribution in [-0.4, -0.2) is 65.7 Å². The lowest BCUT2D eigenvalue weighted by molar-refractivity contribution is -0.153. The monoisotopic (exact) mass is 901 g/mol. The first-order valence-corrected chi connectivity index (χ1v) is 27.3. The Morgan fingerprint density at radius 1 is 0.435 bits per heavy atom. The topological polar surface area (TPSA) is 149 Å². The fraction of sp³-hybridized carbons (Fsp3) is 0.882. The molecule has 10 nitrogen and oxygen atoms in total. The first-order valence-electron chi connectivity index (χ1n) is 25.8. The van der Waals surface area contributed by atoms with E-state index in [0.717, 1.165) is 51.4 Å². The van der Waals surface area contributed by atoms with Gasteiger partial charge >= 0.3 is 19.8 Å². The molecule has 3 N–H and O–H groups in total. The van der Waals surface area contributed by atoms with Gasteiger partial charge in [0.05, 0.1) is 26.4 Å². The van der Waals surface area contributed by atoms with E-state index >= 15 is 0 Å². The van der Waals surface area contributed by atoms with Crippen LogP contribution in [0.15, 0.2) is 24.3 Å². The van der Waals surface area contributed by atoms with E-state index in [1.165, 1.54) is 161 Å². The molecule has 11 heteroatoms. The quantitative estimate of drug-likeness (QED) is 0.0233. The molecule has 0 aliphatic rings. The van der Waals surface area contributed by atoms with Crippen LogP contribution in [0.1, 0.15) is 251 Å². The largest absolute Gasteiger partial charge is 0.472 e. The van der Waals surface area contributed by atoms with Crippen LogP contribution >= 0.6 is 7.82 Å². The van der Waals surface area contributed by atoms with Gasteiger partial charge in [0.25, 0.3) is 0 Å². The third-order valence-corrected chi connectivity index (χ3v) is 12.4. The van der Waals surface area contributed by atoms with E-state index in [0.29, 0.717) is 12.8 Å². The van der Waals surface area contributed by atoms with Gasteiger partial charge in [0, 0.05) is 12.8 Å². The molecule has 0 bridgehead atoms. The maximum Gasteiger partial charge on any atom is 0.472 e. The number of hydrogen-bond acceptors (Lipinski definition) is 9. The summed E-state index contributed by atoms with van der Waals surface area (Å²) in [5, 5.41) is 19.3. The number of carbonyl (C=O) groups is 2. The molecule has 0 aliphatic heterocycles. The summed E-state index contributed by atoms with van der Waals surface area (Å²) in [7, 11) is -4.64. The summed E-state index contributed by atoms with van der Waals surface area (Å²) in [6, 6.07) is 0.